The number of benzene rings is 2. The van der Waals surface area contributed by atoms with Gasteiger partial charge in [-0.3, -0.25) is 4.79 Å². The molecule has 1 aliphatic carbocycles. The number of alkyl halides is 2. The number of ether oxygens (including phenoxy) is 1. The minimum absolute atomic E-state index is 0.146. The van der Waals surface area contributed by atoms with E-state index in [4.69, 9.17) is 9.84 Å². The molecule has 1 heterocycles. The molecule has 3 atom stereocenters. The Bertz CT molecular complexity index is 1100. The first-order chi connectivity index (χ1) is 17.3. The summed E-state index contributed by atoms with van der Waals surface area (Å²) in [5.74, 6) is -3.34. The fourth-order valence-electron chi connectivity index (χ4n) is 5.26. The number of thioether (sulfide) groups is 1. The van der Waals surface area contributed by atoms with Crippen LogP contribution in [0.5, 0.6) is 5.75 Å². The molecule has 6 heteroatoms. The van der Waals surface area contributed by atoms with E-state index in [2.05, 4.69) is 6.58 Å². The fourth-order valence-corrected chi connectivity index (χ4v) is 7.00. The lowest BCUT2D eigenvalue weighted by Crippen LogP contribution is -2.24. The van der Waals surface area contributed by atoms with Gasteiger partial charge in [-0.1, -0.05) is 74.0 Å². The van der Waals surface area contributed by atoms with Crippen molar-refractivity contribution < 1.29 is 23.4 Å². The van der Waals surface area contributed by atoms with Gasteiger partial charge in [0.2, 0.25) is 0 Å². The van der Waals surface area contributed by atoms with Crippen LogP contribution in [-0.4, -0.2) is 28.9 Å². The van der Waals surface area contributed by atoms with Crippen LogP contribution in [0.3, 0.4) is 0 Å². The zero-order valence-corrected chi connectivity index (χ0v) is 21.5. The highest BCUT2D eigenvalue weighted by Gasteiger charge is 2.75. The Balaban J connectivity index is 1.30. The summed E-state index contributed by atoms with van der Waals surface area (Å²) in [6.45, 7) is 6.09. The van der Waals surface area contributed by atoms with Crippen molar-refractivity contribution in [2.75, 3.05) is 6.61 Å². The van der Waals surface area contributed by atoms with Crippen LogP contribution in [0.15, 0.2) is 77.7 Å². The number of halogens is 2. The average molecular weight is 513 g/mol. The van der Waals surface area contributed by atoms with Gasteiger partial charge in [0.1, 0.15) is 12.4 Å². The van der Waals surface area contributed by atoms with Crippen LogP contribution in [-0.2, 0) is 16.6 Å². The minimum Gasteiger partial charge on any atom is -0.488 e. The van der Waals surface area contributed by atoms with Gasteiger partial charge < -0.3 is 9.84 Å². The molecule has 3 nitrogen and oxygen atoms in total. The van der Waals surface area contributed by atoms with Gasteiger partial charge in [-0.2, -0.15) is 0 Å². The molecule has 0 saturated heterocycles. The molecule has 0 amide bonds. The first kappa shape index (κ1) is 26.5. The van der Waals surface area contributed by atoms with Gasteiger partial charge in [0, 0.05) is 28.4 Å². The molecule has 2 aromatic rings. The molecule has 1 fully saturated rings. The molecular weight excluding hydrogens is 478 g/mol. The highest BCUT2D eigenvalue weighted by atomic mass is 32.2. The Hall–Kier alpha value is -2.60. The Morgan fingerprint density at radius 1 is 1.08 bits per heavy atom. The van der Waals surface area contributed by atoms with Crippen molar-refractivity contribution in [3.63, 3.8) is 0 Å². The number of allylic oxidation sites excluding steroid dienone is 2. The van der Waals surface area contributed by atoms with Crippen LogP contribution >= 0.6 is 11.8 Å². The predicted molar refractivity (Wildman–Crippen MR) is 142 cm³/mol. The number of hydrogen-bond donors (Lipinski definition) is 1. The van der Waals surface area contributed by atoms with E-state index in [9.17, 15) is 13.6 Å². The van der Waals surface area contributed by atoms with Gasteiger partial charge in [0.15, 0.2) is 0 Å². The quantitative estimate of drug-likeness (QED) is 0.207. The Morgan fingerprint density at radius 3 is 2.44 bits per heavy atom. The zero-order chi connectivity index (χ0) is 25.8. The number of carboxylic acids is 1. The molecule has 1 saturated carbocycles. The van der Waals surface area contributed by atoms with E-state index in [1.165, 1.54) is 11.8 Å². The minimum atomic E-state index is -2.69. The van der Waals surface area contributed by atoms with Crippen LogP contribution in [0, 0.1) is 5.92 Å². The van der Waals surface area contributed by atoms with E-state index in [1.807, 2.05) is 60.7 Å². The van der Waals surface area contributed by atoms with E-state index in [-0.39, 0.29) is 18.1 Å². The molecular formula is C30H34F2O3S. The Labute approximate surface area is 216 Å². The molecule has 1 aliphatic heterocycles. The number of hydrogen-bond acceptors (Lipinski definition) is 3. The van der Waals surface area contributed by atoms with Crippen molar-refractivity contribution >= 4 is 17.7 Å². The molecule has 2 aromatic carbocycles. The standard InChI is InChI=1S/C30H34F2O3S/c1-3-30(31,32)27-28-29(27,23-11-7-5-8-12-23)19-25(36-28)20-35-24-16-14-22(15-17-24)18-21(2)10-6-4-9-13-26(33)34/h5,7-8,11-12,14-17,19,27-28H,2-4,6,9-10,13,18,20H2,1H3,(H,33,34). The van der Waals surface area contributed by atoms with Crippen LogP contribution in [0.1, 0.15) is 56.6 Å². The SMILES string of the molecule is C=C(CCCCCC(=O)O)Cc1ccc(OCC2=CC3(c4ccccc4)C(S2)C3C(F)(F)CC)cc1. The first-order valence-corrected chi connectivity index (χ1v) is 13.6. The maximum Gasteiger partial charge on any atom is 0.303 e. The summed E-state index contributed by atoms with van der Waals surface area (Å²) in [5, 5.41) is 8.55. The highest BCUT2D eigenvalue weighted by Crippen LogP contribution is 2.72. The molecule has 0 bridgehead atoms. The summed E-state index contributed by atoms with van der Waals surface area (Å²) in [6, 6.07) is 17.6. The number of unbranched alkanes of at least 4 members (excludes halogenated alkanes) is 2. The lowest BCUT2D eigenvalue weighted by Gasteiger charge is -2.20. The van der Waals surface area contributed by atoms with Crippen LogP contribution < -0.4 is 4.74 Å². The predicted octanol–water partition coefficient (Wildman–Crippen LogP) is 7.81. The molecule has 0 radical (unpaired) electrons. The maximum atomic E-state index is 14.7. The summed E-state index contributed by atoms with van der Waals surface area (Å²) < 4.78 is 35.5. The largest absolute Gasteiger partial charge is 0.488 e. The molecule has 4 rings (SSSR count). The van der Waals surface area contributed by atoms with Crippen LogP contribution in [0.2, 0.25) is 0 Å². The first-order valence-electron chi connectivity index (χ1n) is 12.7. The zero-order valence-electron chi connectivity index (χ0n) is 20.7. The van der Waals surface area contributed by atoms with Crippen molar-refractivity contribution in [3.8, 4) is 5.75 Å². The van der Waals surface area contributed by atoms with Crippen LogP contribution in [0.25, 0.3) is 0 Å². The molecule has 2 aliphatic rings. The normalized spacial score (nSPS) is 22.6. The Kier molecular flexibility index (Phi) is 8.23. The lowest BCUT2D eigenvalue weighted by molar-refractivity contribution is -0.137. The Morgan fingerprint density at radius 2 is 1.78 bits per heavy atom. The molecule has 3 unspecified atom stereocenters. The third-order valence-corrected chi connectivity index (χ3v) is 8.69. The summed E-state index contributed by atoms with van der Waals surface area (Å²) in [5.41, 5.74) is 2.64. The monoisotopic (exact) mass is 512 g/mol. The second-order valence-electron chi connectivity index (χ2n) is 9.85. The number of rotatable bonds is 14. The van der Waals surface area contributed by atoms with Crippen molar-refractivity contribution in [3.05, 3.63) is 88.9 Å². The van der Waals surface area contributed by atoms with E-state index in [0.717, 1.165) is 53.0 Å². The number of carbonyl (C=O) groups is 1. The van der Waals surface area contributed by atoms with Gasteiger partial charge in [-0.15, -0.1) is 11.8 Å². The second-order valence-corrected chi connectivity index (χ2v) is 11.1. The highest BCUT2D eigenvalue weighted by molar-refractivity contribution is 8.04. The molecule has 0 spiro atoms. The van der Waals surface area contributed by atoms with E-state index < -0.39 is 23.2 Å². The maximum absolute atomic E-state index is 14.7. The second kappa shape index (κ2) is 11.2. The smallest absolute Gasteiger partial charge is 0.303 e. The van der Waals surface area contributed by atoms with Crippen molar-refractivity contribution in [1.29, 1.82) is 0 Å². The fraction of sp³-hybridized carbons (Fsp3) is 0.433. The van der Waals surface area contributed by atoms with Crippen molar-refractivity contribution in [1.82, 2.24) is 0 Å². The van der Waals surface area contributed by atoms with Gasteiger partial charge in [-0.05, 0) is 48.9 Å². The summed E-state index contributed by atoms with van der Waals surface area (Å²) in [7, 11) is 0. The molecule has 36 heavy (non-hydrogen) atoms. The van der Waals surface area contributed by atoms with Crippen molar-refractivity contribution in [2.24, 2.45) is 5.92 Å². The topological polar surface area (TPSA) is 46.5 Å². The van der Waals surface area contributed by atoms with Crippen molar-refractivity contribution in [2.45, 2.75) is 68.5 Å². The molecule has 0 aromatic heterocycles. The average Bonchev–Trinajstić information content (AvgIpc) is 3.36. The lowest BCUT2D eigenvalue weighted by atomic mass is 9.90. The third-order valence-electron chi connectivity index (χ3n) is 7.24. The number of aliphatic carboxylic acids is 1. The molecule has 192 valence electrons. The molecule has 1 N–H and O–H groups in total. The number of fused-ring (bicyclic) bond motifs is 1. The van der Waals surface area contributed by atoms with Crippen LogP contribution in [0.4, 0.5) is 8.78 Å². The van der Waals surface area contributed by atoms with Gasteiger partial charge in [0.25, 0.3) is 5.92 Å². The van der Waals surface area contributed by atoms with Gasteiger partial charge in [0.05, 0.1) is 5.92 Å². The summed E-state index contributed by atoms with van der Waals surface area (Å²) in [6.07, 6.45) is 6.35. The third kappa shape index (κ3) is 5.86. The van der Waals surface area contributed by atoms with Gasteiger partial charge in [-0.25, -0.2) is 8.78 Å². The van der Waals surface area contributed by atoms with E-state index in [0.29, 0.717) is 13.0 Å². The summed E-state index contributed by atoms with van der Waals surface area (Å²) in [4.78, 5) is 11.6. The van der Waals surface area contributed by atoms with E-state index >= 15 is 0 Å². The summed E-state index contributed by atoms with van der Waals surface area (Å²) >= 11 is 1.54. The number of carboxylic acid groups (broad SMARTS) is 1. The van der Waals surface area contributed by atoms with Gasteiger partial charge >= 0.3 is 5.97 Å². The van der Waals surface area contributed by atoms with E-state index in [1.54, 1.807) is 6.92 Å².